The van der Waals surface area contributed by atoms with Crippen molar-refractivity contribution in [3.63, 3.8) is 0 Å². The van der Waals surface area contributed by atoms with Crippen molar-refractivity contribution < 1.29 is 9.84 Å². The summed E-state index contributed by atoms with van der Waals surface area (Å²) in [6.45, 7) is 7.38. The number of benzene rings is 1. The van der Waals surface area contributed by atoms with Gasteiger partial charge in [-0.2, -0.15) is 0 Å². The molecule has 0 bridgehead atoms. The standard InChI is InChI=1S/C18H27NO2/c1-18(2)9-8-16(20)14(12-18)13-19-10-5-11-21-17-7-4-3-6-15(17)19/h3-4,6-7,14,16,20H,5,8-13H2,1-2H3. The highest BCUT2D eigenvalue weighted by Crippen LogP contribution is 2.40. The van der Waals surface area contributed by atoms with Crippen LogP contribution in [0.15, 0.2) is 24.3 Å². The zero-order chi connectivity index (χ0) is 14.9. The van der Waals surface area contributed by atoms with E-state index in [0.29, 0.717) is 11.3 Å². The Morgan fingerprint density at radius 2 is 2.14 bits per heavy atom. The van der Waals surface area contributed by atoms with Crippen molar-refractivity contribution >= 4 is 5.69 Å². The van der Waals surface area contributed by atoms with Gasteiger partial charge in [-0.1, -0.05) is 26.0 Å². The highest BCUT2D eigenvalue weighted by molar-refractivity contribution is 5.59. The van der Waals surface area contributed by atoms with Gasteiger partial charge in [-0.05, 0) is 43.2 Å². The summed E-state index contributed by atoms with van der Waals surface area (Å²) in [4.78, 5) is 2.41. The summed E-state index contributed by atoms with van der Waals surface area (Å²) in [5.41, 5.74) is 1.54. The van der Waals surface area contributed by atoms with Crippen LogP contribution in [0.25, 0.3) is 0 Å². The number of aliphatic hydroxyl groups is 1. The van der Waals surface area contributed by atoms with Crippen molar-refractivity contribution in [1.82, 2.24) is 0 Å². The number of ether oxygens (including phenoxy) is 1. The van der Waals surface area contributed by atoms with Crippen LogP contribution in [0.2, 0.25) is 0 Å². The fourth-order valence-electron chi connectivity index (χ4n) is 3.78. The van der Waals surface area contributed by atoms with Crippen molar-refractivity contribution in [3.05, 3.63) is 24.3 Å². The van der Waals surface area contributed by atoms with Gasteiger partial charge in [-0.3, -0.25) is 0 Å². The Morgan fingerprint density at radius 1 is 1.33 bits per heavy atom. The van der Waals surface area contributed by atoms with Gasteiger partial charge in [-0.15, -0.1) is 0 Å². The smallest absolute Gasteiger partial charge is 0.142 e. The summed E-state index contributed by atoms with van der Waals surface area (Å²) in [5.74, 6) is 1.35. The van der Waals surface area contributed by atoms with Crippen molar-refractivity contribution in [1.29, 1.82) is 0 Å². The van der Waals surface area contributed by atoms with Crippen molar-refractivity contribution in [2.45, 2.75) is 45.6 Å². The highest BCUT2D eigenvalue weighted by Gasteiger charge is 2.35. The van der Waals surface area contributed by atoms with Gasteiger partial charge < -0.3 is 14.7 Å². The summed E-state index contributed by atoms with van der Waals surface area (Å²) in [6.07, 6.45) is 4.05. The molecule has 1 fully saturated rings. The summed E-state index contributed by atoms with van der Waals surface area (Å²) in [6, 6.07) is 8.29. The Labute approximate surface area is 127 Å². The van der Waals surface area contributed by atoms with Crippen LogP contribution >= 0.6 is 0 Å². The number of fused-ring (bicyclic) bond motifs is 1. The fraction of sp³-hybridized carbons (Fsp3) is 0.667. The maximum atomic E-state index is 10.4. The minimum atomic E-state index is -0.158. The van der Waals surface area contributed by atoms with E-state index in [0.717, 1.165) is 51.1 Å². The number of rotatable bonds is 2. The molecule has 3 heteroatoms. The van der Waals surface area contributed by atoms with E-state index in [2.05, 4.69) is 36.9 Å². The second-order valence-electron chi connectivity index (χ2n) is 7.35. The number of anilines is 1. The Kier molecular flexibility index (Phi) is 4.12. The molecule has 1 aromatic carbocycles. The quantitative estimate of drug-likeness (QED) is 0.905. The topological polar surface area (TPSA) is 32.7 Å². The molecule has 1 aliphatic heterocycles. The molecule has 21 heavy (non-hydrogen) atoms. The molecule has 0 radical (unpaired) electrons. The molecule has 116 valence electrons. The molecule has 2 aliphatic rings. The summed E-state index contributed by atoms with van der Waals surface area (Å²) in [7, 11) is 0. The van der Waals surface area contributed by atoms with Gasteiger partial charge in [0.2, 0.25) is 0 Å². The molecule has 0 spiro atoms. The molecule has 0 amide bonds. The van der Waals surface area contributed by atoms with Crippen molar-refractivity contribution in [2.75, 3.05) is 24.6 Å². The van der Waals surface area contributed by atoms with Gasteiger partial charge in [-0.25, -0.2) is 0 Å². The molecule has 1 heterocycles. The average molecular weight is 289 g/mol. The van der Waals surface area contributed by atoms with E-state index in [-0.39, 0.29) is 6.10 Å². The van der Waals surface area contributed by atoms with Gasteiger partial charge in [0.05, 0.1) is 18.4 Å². The normalized spacial score (nSPS) is 28.4. The second kappa shape index (κ2) is 5.88. The maximum Gasteiger partial charge on any atom is 0.142 e. The maximum absolute atomic E-state index is 10.4. The SMILES string of the molecule is CC1(C)CCC(O)C(CN2CCCOc3ccccc32)C1. The molecule has 2 atom stereocenters. The van der Waals surface area contributed by atoms with E-state index < -0.39 is 0 Å². The Bertz CT molecular complexity index is 486. The number of hydrogen-bond donors (Lipinski definition) is 1. The number of para-hydroxylation sites is 2. The monoisotopic (exact) mass is 289 g/mol. The molecular weight excluding hydrogens is 262 g/mol. The van der Waals surface area contributed by atoms with Crippen molar-refractivity contribution in [3.8, 4) is 5.75 Å². The molecule has 0 saturated heterocycles. The van der Waals surface area contributed by atoms with Crippen LogP contribution in [0.5, 0.6) is 5.75 Å². The van der Waals surface area contributed by atoms with E-state index >= 15 is 0 Å². The van der Waals surface area contributed by atoms with E-state index in [1.165, 1.54) is 5.69 Å². The van der Waals surface area contributed by atoms with Gasteiger partial charge in [0.15, 0.2) is 0 Å². The zero-order valence-corrected chi connectivity index (χ0v) is 13.2. The third kappa shape index (κ3) is 3.34. The lowest BCUT2D eigenvalue weighted by molar-refractivity contribution is 0.0250. The van der Waals surface area contributed by atoms with Gasteiger partial charge in [0.25, 0.3) is 0 Å². The lowest BCUT2D eigenvalue weighted by Gasteiger charge is -2.41. The minimum Gasteiger partial charge on any atom is -0.491 e. The Morgan fingerprint density at radius 3 is 3.00 bits per heavy atom. The Balaban J connectivity index is 1.77. The zero-order valence-electron chi connectivity index (χ0n) is 13.2. The second-order valence-corrected chi connectivity index (χ2v) is 7.35. The first-order chi connectivity index (χ1) is 10.1. The average Bonchev–Trinajstić information content (AvgIpc) is 2.66. The van der Waals surface area contributed by atoms with Crippen LogP contribution in [-0.4, -0.2) is 30.9 Å². The van der Waals surface area contributed by atoms with Crippen molar-refractivity contribution in [2.24, 2.45) is 11.3 Å². The molecule has 1 aliphatic carbocycles. The lowest BCUT2D eigenvalue weighted by atomic mass is 9.70. The number of nitrogens with zero attached hydrogens (tertiary/aromatic N) is 1. The molecule has 2 unspecified atom stereocenters. The molecule has 1 saturated carbocycles. The largest absolute Gasteiger partial charge is 0.491 e. The highest BCUT2D eigenvalue weighted by atomic mass is 16.5. The number of hydrogen-bond acceptors (Lipinski definition) is 3. The van der Waals surface area contributed by atoms with Crippen LogP contribution in [0, 0.1) is 11.3 Å². The summed E-state index contributed by atoms with van der Waals surface area (Å²) in [5, 5.41) is 10.4. The third-order valence-electron chi connectivity index (χ3n) is 4.97. The predicted molar refractivity (Wildman–Crippen MR) is 85.9 cm³/mol. The molecule has 1 N–H and O–H groups in total. The van der Waals surface area contributed by atoms with Gasteiger partial charge >= 0.3 is 0 Å². The molecule has 0 aromatic heterocycles. The van der Waals surface area contributed by atoms with Gasteiger partial charge in [0.1, 0.15) is 5.75 Å². The molecular formula is C18H27NO2. The predicted octanol–water partition coefficient (Wildman–Crippen LogP) is 3.46. The minimum absolute atomic E-state index is 0.158. The molecule has 1 aromatic rings. The summed E-state index contributed by atoms with van der Waals surface area (Å²) >= 11 is 0. The van der Waals surface area contributed by atoms with Crippen LogP contribution in [-0.2, 0) is 0 Å². The van der Waals surface area contributed by atoms with Crippen LogP contribution < -0.4 is 9.64 Å². The van der Waals surface area contributed by atoms with E-state index in [1.54, 1.807) is 0 Å². The van der Waals surface area contributed by atoms with Crippen LogP contribution in [0.1, 0.15) is 39.5 Å². The lowest BCUT2D eigenvalue weighted by Crippen LogP contribution is -2.41. The van der Waals surface area contributed by atoms with Crippen LogP contribution in [0.4, 0.5) is 5.69 Å². The van der Waals surface area contributed by atoms with Gasteiger partial charge in [0, 0.05) is 19.0 Å². The molecule has 3 rings (SSSR count). The first-order valence-corrected chi connectivity index (χ1v) is 8.20. The first-order valence-electron chi connectivity index (χ1n) is 8.20. The first kappa shape index (κ1) is 14.7. The fourth-order valence-corrected chi connectivity index (χ4v) is 3.78. The Hall–Kier alpha value is -1.22. The molecule has 3 nitrogen and oxygen atoms in total. The summed E-state index contributed by atoms with van der Waals surface area (Å²) < 4.78 is 5.83. The van der Waals surface area contributed by atoms with Crippen LogP contribution in [0.3, 0.4) is 0 Å². The number of aliphatic hydroxyl groups excluding tert-OH is 1. The van der Waals surface area contributed by atoms with E-state index in [9.17, 15) is 5.11 Å². The third-order valence-corrected chi connectivity index (χ3v) is 4.97. The van der Waals surface area contributed by atoms with E-state index in [1.807, 2.05) is 6.07 Å². The van der Waals surface area contributed by atoms with E-state index in [4.69, 9.17) is 4.74 Å².